The van der Waals surface area contributed by atoms with Gasteiger partial charge in [-0.1, -0.05) is 0 Å². The Balaban J connectivity index is 1.91. The summed E-state index contributed by atoms with van der Waals surface area (Å²) in [4.78, 5) is 15.7. The van der Waals surface area contributed by atoms with Crippen LogP contribution in [0.5, 0.6) is 0 Å². The van der Waals surface area contributed by atoms with Crippen molar-refractivity contribution in [1.82, 2.24) is 9.55 Å². The molecule has 1 aromatic carbocycles. The van der Waals surface area contributed by atoms with Crippen LogP contribution >= 0.6 is 11.8 Å². The fourth-order valence-electron chi connectivity index (χ4n) is 2.77. The molecule has 0 unspecified atom stereocenters. The first-order valence-electron chi connectivity index (χ1n) is 6.91. The van der Waals surface area contributed by atoms with E-state index in [4.69, 9.17) is 5.11 Å². The quantitative estimate of drug-likeness (QED) is 0.944. The van der Waals surface area contributed by atoms with E-state index in [1.54, 1.807) is 12.1 Å². The summed E-state index contributed by atoms with van der Waals surface area (Å²) >= 11 is 2.03. The third-order valence-electron chi connectivity index (χ3n) is 4.03. The van der Waals surface area contributed by atoms with E-state index >= 15 is 0 Å². The van der Waals surface area contributed by atoms with Crippen molar-refractivity contribution in [2.75, 3.05) is 11.5 Å². The van der Waals surface area contributed by atoms with Gasteiger partial charge >= 0.3 is 5.97 Å². The summed E-state index contributed by atoms with van der Waals surface area (Å²) in [7, 11) is 2.02. The van der Waals surface area contributed by atoms with Crippen LogP contribution in [0, 0.1) is 5.92 Å². The highest BCUT2D eigenvalue weighted by molar-refractivity contribution is 7.99. The first-order chi connectivity index (χ1) is 9.65. The Bertz CT molecular complexity index is 645. The number of imidazole rings is 1. The first-order valence-corrected chi connectivity index (χ1v) is 8.07. The molecule has 3 rings (SSSR count). The first kappa shape index (κ1) is 13.5. The average Bonchev–Trinajstić information content (AvgIpc) is 2.76. The smallest absolute Gasteiger partial charge is 0.335 e. The summed E-state index contributed by atoms with van der Waals surface area (Å²) in [5.41, 5.74) is 2.10. The molecule has 1 aliphatic heterocycles. The minimum atomic E-state index is -0.900. The SMILES string of the molecule is Cn1c(CC2CCSCC2)nc2cc(C(=O)O)ccc21. The summed E-state index contributed by atoms with van der Waals surface area (Å²) < 4.78 is 2.10. The van der Waals surface area contributed by atoms with Crippen LogP contribution in [0.25, 0.3) is 11.0 Å². The predicted octanol–water partition coefficient (Wildman–Crippen LogP) is 2.96. The molecule has 106 valence electrons. The van der Waals surface area contributed by atoms with Crippen LogP contribution < -0.4 is 0 Å². The van der Waals surface area contributed by atoms with Gasteiger partial charge in [0, 0.05) is 13.5 Å². The number of aromatic nitrogens is 2. The maximum atomic E-state index is 11.0. The van der Waals surface area contributed by atoms with E-state index < -0.39 is 5.97 Å². The minimum absolute atomic E-state index is 0.302. The van der Waals surface area contributed by atoms with Gasteiger partial charge in [0.15, 0.2) is 0 Å². The van der Waals surface area contributed by atoms with Crippen LogP contribution in [0.2, 0.25) is 0 Å². The zero-order valence-electron chi connectivity index (χ0n) is 11.5. The molecule has 0 radical (unpaired) electrons. The van der Waals surface area contributed by atoms with Crippen molar-refractivity contribution < 1.29 is 9.90 Å². The van der Waals surface area contributed by atoms with E-state index in [1.807, 2.05) is 24.9 Å². The van der Waals surface area contributed by atoms with Crippen LogP contribution in [0.3, 0.4) is 0 Å². The summed E-state index contributed by atoms with van der Waals surface area (Å²) in [5.74, 6) is 3.38. The number of carboxylic acids is 1. The van der Waals surface area contributed by atoms with E-state index in [1.165, 1.54) is 24.3 Å². The Kier molecular flexibility index (Phi) is 3.70. The number of carboxylic acid groups (broad SMARTS) is 1. The molecule has 2 aromatic rings. The molecule has 5 heteroatoms. The van der Waals surface area contributed by atoms with Crippen molar-refractivity contribution in [1.29, 1.82) is 0 Å². The van der Waals surface area contributed by atoms with Crippen molar-refractivity contribution in [3.63, 3.8) is 0 Å². The minimum Gasteiger partial charge on any atom is -0.478 e. The second-order valence-corrected chi connectivity index (χ2v) is 6.58. The van der Waals surface area contributed by atoms with E-state index in [9.17, 15) is 4.79 Å². The monoisotopic (exact) mass is 290 g/mol. The maximum absolute atomic E-state index is 11.0. The number of benzene rings is 1. The van der Waals surface area contributed by atoms with Gasteiger partial charge in [-0.25, -0.2) is 9.78 Å². The number of hydrogen-bond acceptors (Lipinski definition) is 3. The third kappa shape index (κ3) is 2.54. The molecule has 0 amide bonds. The lowest BCUT2D eigenvalue weighted by Crippen LogP contribution is -2.14. The van der Waals surface area contributed by atoms with Crippen molar-refractivity contribution in [3.05, 3.63) is 29.6 Å². The summed E-state index contributed by atoms with van der Waals surface area (Å²) in [6.07, 6.45) is 3.51. The fourth-order valence-corrected chi connectivity index (χ4v) is 3.98. The molecule has 4 nitrogen and oxygen atoms in total. The van der Waals surface area contributed by atoms with E-state index in [2.05, 4.69) is 9.55 Å². The van der Waals surface area contributed by atoms with Gasteiger partial charge in [0.05, 0.1) is 16.6 Å². The number of aryl methyl sites for hydroxylation is 1. The molecule has 1 fully saturated rings. The van der Waals surface area contributed by atoms with Crippen LogP contribution in [-0.2, 0) is 13.5 Å². The summed E-state index contributed by atoms with van der Waals surface area (Å²) in [6, 6.07) is 5.16. The molecular weight excluding hydrogens is 272 g/mol. The van der Waals surface area contributed by atoms with Crippen molar-refractivity contribution in [2.45, 2.75) is 19.3 Å². The Hall–Kier alpha value is -1.49. The average molecular weight is 290 g/mol. The molecule has 2 heterocycles. The molecule has 0 saturated carbocycles. The van der Waals surface area contributed by atoms with Gasteiger partial charge in [-0.2, -0.15) is 11.8 Å². The van der Waals surface area contributed by atoms with Crippen molar-refractivity contribution >= 4 is 28.8 Å². The zero-order valence-corrected chi connectivity index (χ0v) is 12.3. The summed E-state index contributed by atoms with van der Waals surface area (Å²) in [5, 5.41) is 9.04. The number of nitrogens with zero attached hydrogens (tertiary/aromatic N) is 2. The molecule has 0 aliphatic carbocycles. The number of thioether (sulfide) groups is 1. The van der Waals surface area contributed by atoms with Crippen molar-refractivity contribution in [2.24, 2.45) is 13.0 Å². The Morgan fingerprint density at radius 2 is 2.20 bits per heavy atom. The molecule has 1 aliphatic rings. The van der Waals surface area contributed by atoms with Crippen LogP contribution in [0.1, 0.15) is 29.0 Å². The second-order valence-electron chi connectivity index (χ2n) is 5.36. The molecule has 20 heavy (non-hydrogen) atoms. The van der Waals surface area contributed by atoms with Gasteiger partial charge in [0.25, 0.3) is 0 Å². The number of rotatable bonds is 3. The molecule has 0 bridgehead atoms. The van der Waals surface area contributed by atoms with Gasteiger partial charge in [-0.05, 0) is 48.5 Å². The van der Waals surface area contributed by atoms with Crippen LogP contribution in [0.15, 0.2) is 18.2 Å². The van der Waals surface area contributed by atoms with E-state index in [-0.39, 0.29) is 0 Å². The van der Waals surface area contributed by atoms with E-state index in [0.717, 1.165) is 23.3 Å². The Morgan fingerprint density at radius 3 is 2.90 bits per heavy atom. The normalized spacial score (nSPS) is 16.6. The molecule has 1 N–H and O–H groups in total. The van der Waals surface area contributed by atoms with Crippen LogP contribution in [-0.4, -0.2) is 32.1 Å². The van der Waals surface area contributed by atoms with Gasteiger partial charge in [-0.15, -0.1) is 0 Å². The largest absolute Gasteiger partial charge is 0.478 e. The van der Waals surface area contributed by atoms with Crippen molar-refractivity contribution in [3.8, 4) is 0 Å². The molecule has 0 spiro atoms. The topological polar surface area (TPSA) is 55.1 Å². The predicted molar refractivity (Wildman–Crippen MR) is 81.4 cm³/mol. The highest BCUT2D eigenvalue weighted by Gasteiger charge is 2.18. The third-order valence-corrected chi connectivity index (χ3v) is 5.08. The van der Waals surface area contributed by atoms with Crippen LogP contribution in [0.4, 0.5) is 0 Å². The lowest BCUT2D eigenvalue weighted by Gasteiger charge is -2.20. The maximum Gasteiger partial charge on any atom is 0.335 e. The highest BCUT2D eigenvalue weighted by Crippen LogP contribution is 2.27. The number of aromatic carboxylic acids is 1. The fraction of sp³-hybridized carbons (Fsp3) is 0.467. The van der Waals surface area contributed by atoms with Gasteiger partial charge < -0.3 is 9.67 Å². The Labute approximate surface area is 122 Å². The standard InChI is InChI=1S/C15H18N2O2S/c1-17-13-3-2-11(15(18)19)9-12(13)16-14(17)8-10-4-6-20-7-5-10/h2-3,9-10H,4-8H2,1H3,(H,18,19). The second kappa shape index (κ2) is 5.48. The van der Waals surface area contributed by atoms with Gasteiger partial charge in [0.2, 0.25) is 0 Å². The molecule has 0 atom stereocenters. The van der Waals surface area contributed by atoms with Gasteiger partial charge in [-0.3, -0.25) is 0 Å². The molecule has 1 aromatic heterocycles. The highest BCUT2D eigenvalue weighted by atomic mass is 32.2. The van der Waals surface area contributed by atoms with Gasteiger partial charge in [0.1, 0.15) is 5.82 Å². The number of fused-ring (bicyclic) bond motifs is 1. The Morgan fingerprint density at radius 1 is 1.45 bits per heavy atom. The lowest BCUT2D eigenvalue weighted by molar-refractivity contribution is 0.0697. The van der Waals surface area contributed by atoms with E-state index in [0.29, 0.717) is 11.5 Å². The summed E-state index contributed by atoms with van der Waals surface area (Å²) in [6.45, 7) is 0. The number of hydrogen-bond donors (Lipinski definition) is 1. The lowest BCUT2D eigenvalue weighted by atomic mass is 9.98. The molecule has 1 saturated heterocycles. The number of carbonyl (C=O) groups is 1. The zero-order chi connectivity index (χ0) is 14.1. The molecular formula is C15H18N2O2S.